The first kappa shape index (κ1) is 16.4. The number of fused-ring (bicyclic) bond motifs is 1. The molecule has 0 bridgehead atoms. The van der Waals surface area contributed by atoms with Crippen LogP contribution in [-0.4, -0.2) is 31.6 Å². The molecule has 24 heavy (non-hydrogen) atoms. The standard InChI is InChI=1S/C16H16N2O5S/c1-11-8-13(6-7-15(11)18(20)21)24(22,23)17-9-12(10-19)14-4-2-3-5-16(14)17/h2-8,12,19H,9-10H2,1H3. The fraction of sp³-hybridized carbons (Fsp3) is 0.250. The van der Waals surface area contributed by atoms with Crippen LogP contribution in [0.3, 0.4) is 0 Å². The predicted molar refractivity (Wildman–Crippen MR) is 88.6 cm³/mol. The zero-order chi connectivity index (χ0) is 17.5. The number of anilines is 1. The van der Waals surface area contributed by atoms with Gasteiger partial charge < -0.3 is 5.11 Å². The van der Waals surface area contributed by atoms with Crippen LogP contribution in [0.5, 0.6) is 0 Å². The number of rotatable bonds is 4. The van der Waals surface area contributed by atoms with Crippen molar-refractivity contribution in [1.29, 1.82) is 0 Å². The third-order valence-corrected chi connectivity index (χ3v) is 5.98. The summed E-state index contributed by atoms with van der Waals surface area (Å²) in [6.07, 6.45) is 0. The summed E-state index contributed by atoms with van der Waals surface area (Å²) in [7, 11) is -3.86. The highest BCUT2D eigenvalue weighted by Crippen LogP contribution is 2.39. The van der Waals surface area contributed by atoms with Crippen LogP contribution in [0.4, 0.5) is 11.4 Å². The zero-order valence-corrected chi connectivity index (χ0v) is 13.7. The van der Waals surface area contributed by atoms with Gasteiger partial charge in [0.1, 0.15) is 0 Å². The molecule has 0 amide bonds. The molecule has 1 aliphatic rings. The van der Waals surface area contributed by atoms with E-state index in [1.54, 1.807) is 24.3 Å². The molecular weight excluding hydrogens is 332 g/mol. The molecule has 0 spiro atoms. The molecule has 2 aromatic carbocycles. The van der Waals surface area contributed by atoms with E-state index in [-0.39, 0.29) is 35.2 Å². The Hall–Kier alpha value is -2.45. The van der Waals surface area contributed by atoms with Crippen LogP contribution < -0.4 is 4.31 Å². The lowest BCUT2D eigenvalue weighted by Crippen LogP contribution is -2.30. The molecule has 3 rings (SSSR count). The van der Waals surface area contributed by atoms with Gasteiger partial charge in [0, 0.05) is 24.1 Å². The molecule has 1 heterocycles. The summed E-state index contributed by atoms with van der Waals surface area (Å²) in [5, 5.41) is 20.4. The number of sulfonamides is 1. The van der Waals surface area contributed by atoms with E-state index in [1.165, 1.54) is 29.4 Å². The maximum Gasteiger partial charge on any atom is 0.272 e. The molecule has 0 fully saturated rings. The minimum Gasteiger partial charge on any atom is -0.396 e. The van der Waals surface area contributed by atoms with Crippen molar-refractivity contribution in [2.24, 2.45) is 0 Å². The Kier molecular flexibility index (Phi) is 4.02. The largest absolute Gasteiger partial charge is 0.396 e. The van der Waals surface area contributed by atoms with E-state index in [9.17, 15) is 23.6 Å². The van der Waals surface area contributed by atoms with Crippen molar-refractivity contribution in [2.75, 3.05) is 17.5 Å². The third kappa shape index (κ3) is 2.53. The van der Waals surface area contributed by atoms with E-state index >= 15 is 0 Å². The van der Waals surface area contributed by atoms with Gasteiger partial charge in [0.15, 0.2) is 0 Å². The molecule has 8 heteroatoms. The summed E-state index contributed by atoms with van der Waals surface area (Å²) < 4.78 is 27.2. The summed E-state index contributed by atoms with van der Waals surface area (Å²) in [6, 6.07) is 10.8. The van der Waals surface area contributed by atoms with Crippen molar-refractivity contribution in [1.82, 2.24) is 0 Å². The Labute approximate surface area is 139 Å². The fourth-order valence-corrected chi connectivity index (χ4v) is 4.58. The molecule has 2 aromatic rings. The molecule has 1 N–H and O–H groups in total. The molecule has 1 unspecified atom stereocenters. The summed E-state index contributed by atoms with van der Waals surface area (Å²) in [5.74, 6) is -0.282. The van der Waals surface area contributed by atoms with Crippen molar-refractivity contribution in [3.8, 4) is 0 Å². The topological polar surface area (TPSA) is 101 Å². The second-order valence-electron chi connectivity index (χ2n) is 5.68. The maximum absolute atomic E-state index is 13.0. The first-order valence-electron chi connectivity index (χ1n) is 7.34. The fourth-order valence-electron chi connectivity index (χ4n) is 2.96. The monoisotopic (exact) mass is 348 g/mol. The van der Waals surface area contributed by atoms with Gasteiger partial charge in [-0.15, -0.1) is 0 Å². The van der Waals surface area contributed by atoms with Crippen LogP contribution >= 0.6 is 0 Å². The Morgan fingerprint density at radius 3 is 2.62 bits per heavy atom. The molecule has 1 aliphatic heterocycles. The second-order valence-corrected chi connectivity index (χ2v) is 7.54. The number of hydrogen-bond acceptors (Lipinski definition) is 5. The number of benzene rings is 2. The number of hydrogen-bond donors (Lipinski definition) is 1. The van der Waals surface area contributed by atoms with Gasteiger partial charge >= 0.3 is 0 Å². The lowest BCUT2D eigenvalue weighted by molar-refractivity contribution is -0.385. The van der Waals surface area contributed by atoms with Crippen molar-refractivity contribution in [3.05, 3.63) is 63.7 Å². The number of nitro benzene ring substituents is 1. The molecule has 126 valence electrons. The SMILES string of the molecule is Cc1cc(S(=O)(=O)N2CC(CO)c3ccccc32)ccc1[N+](=O)[O-]. The van der Waals surface area contributed by atoms with E-state index in [4.69, 9.17) is 0 Å². The van der Waals surface area contributed by atoms with Crippen LogP contribution in [-0.2, 0) is 10.0 Å². The number of aliphatic hydroxyl groups is 1. The highest BCUT2D eigenvalue weighted by Gasteiger charge is 2.36. The van der Waals surface area contributed by atoms with Gasteiger partial charge in [-0.3, -0.25) is 14.4 Å². The minimum atomic E-state index is -3.86. The highest BCUT2D eigenvalue weighted by atomic mass is 32.2. The van der Waals surface area contributed by atoms with Gasteiger partial charge in [0.05, 0.1) is 22.1 Å². The molecular formula is C16H16N2O5S. The van der Waals surface area contributed by atoms with Crippen molar-refractivity contribution < 1.29 is 18.4 Å². The average Bonchev–Trinajstić information content (AvgIpc) is 2.94. The molecule has 0 radical (unpaired) electrons. The summed E-state index contributed by atoms with van der Waals surface area (Å²) in [6.45, 7) is 1.50. The molecule has 0 saturated carbocycles. The van der Waals surface area contributed by atoms with Gasteiger partial charge in [-0.2, -0.15) is 0 Å². The lowest BCUT2D eigenvalue weighted by Gasteiger charge is -2.20. The van der Waals surface area contributed by atoms with E-state index in [1.807, 2.05) is 0 Å². The first-order chi connectivity index (χ1) is 11.4. The number of nitro groups is 1. The van der Waals surface area contributed by atoms with Gasteiger partial charge in [-0.1, -0.05) is 18.2 Å². The Morgan fingerprint density at radius 2 is 2.00 bits per heavy atom. The van der Waals surface area contributed by atoms with Crippen LogP contribution in [0.25, 0.3) is 0 Å². The molecule has 0 saturated heterocycles. The van der Waals surface area contributed by atoms with Gasteiger partial charge in [-0.25, -0.2) is 8.42 Å². The van der Waals surface area contributed by atoms with E-state index in [0.29, 0.717) is 5.69 Å². The molecule has 0 aromatic heterocycles. The molecule has 0 aliphatic carbocycles. The van der Waals surface area contributed by atoms with Crippen LogP contribution in [0.2, 0.25) is 0 Å². The lowest BCUT2D eigenvalue weighted by atomic mass is 10.0. The van der Waals surface area contributed by atoms with Crippen LogP contribution in [0.15, 0.2) is 47.4 Å². The third-order valence-electron chi connectivity index (χ3n) is 4.20. The van der Waals surface area contributed by atoms with Crippen molar-refractivity contribution in [3.63, 3.8) is 0 Å². The van der Waals surface area contributed by atoms with Crippen LogP contribution in [0.1, 0.15) is 17.0 Å². The smallest absolute Gasteiger partial charge is 0.272 e. The van der Waals surface area contributed by atoms with Gasteiger partial charge in [0.2, 0.25) is 0 Å². The highest BCUT2D eigenvalue weighted by molar-refractivity contribution is 7.92. The van der Waals surface area contributed by atoms with Gasteiger partial charge in [-0.05, 0) is 30.7 Å². The summed E-state index contributed by atoms with van der Waals surface area (Å²) >= 11 is 0. The van der Waals surface area contributed by atoms with Gasteiger partial charge in [0.25, 0.3) is 15.7 Å². The van der Waals surface area contributed by atoms with Crippen LogP contribution in [0, 0.1) is 17.0 Å². The number of para-hydroxylation sites is 1. The Balaban J connectivity index is 2.06. The summed E-state index contributed by atoms with van der Waals surface area (Å²) in [4.78, 5) is 10.4. The number of nitrogens with zero attached hydrogens (tertiary/aromatic N) is 2. The number of aryl methyl sites for hydroxylation is 1. The Bertz CT molecular complexity index is 910. The van der Waals surface area contributed by atoms with Crippen molar-refractivity contribution >= 4 is 21.4 Å². The molecule has 1 atom stereocenters. The van der Waals surface area contributed by atoms with Crippen molar-refractivity contribution in [2.45, 2.75) is 17.7 Å². The quantitative estimate of drug-likeness (QED) is 0.674. The van der Waals surface area contributed by atoms with E-state index < -0.39 is 14.9 Å². The predicted octanol–water partition coefficient (Wildman–Crippen LogP) is 2.19. The van der Waals surface area contributed by atoms with E-state index in [0.717, 1.165) is 5.56 Å². The average molecular weight is 348 g/mol. The normalized spacial score (nSPS) is 16.9. The van der Waals surface area contributed by atoms with E-state index in [2.05, 4.69) is 0 Å². The number of aliphatic hydroxyl groups excluding tert-OH is 1. The first-order valence-corrected chi connectivity index (χ1v) is 8.78. The summed E-state index contributed by atoms with van der Waals surface area (Å²) in [5.41, 5.74) is 1.48. The Morgan fingerprint density at radius 1 is 1.29 bits per heavy atom. The minimum absolute atomic E-state index is 0.000933. The zero-order valence-electron chi connectivity index (χ0n) is 12.9. The maximum atomic E-state index is 13.0. The molecule has 7 nitrogen and oxygen atoms in total. The second kappa shape index (κ2) is 5.88.